The quantitative estimate of drug-likeness (QED) is 0.807. The van der Waals surface area contributed by atoms with Crippen molar-refractivity contribution >= 4 is 5.97 Å². The fraction of sp³-hybridized carbons (Fsp3) is 0.700. The highest BCUT2D eigenvalue weighted by molar-refractivity contribution is 5.72. The molecule has 6 nitrogen and oxygen atoms in total. The first-order valence-electron chi connectivity index (χ1n) is 9.68. The Bertz CT molecular complexity index is 707. The number of hydrogen-bond acceptors (Lipinski definition) is 4. The summed E-state index contributed by atoms with van der Waals surface area (Å²) in [6, 6.07) is 6.09. The van der Waals surface area contributed by atoms with Gasteiger partial charge < -0.3 is 19.7 Å². The van der Waals surface area contributed by atoms with E-state index >= 15 is 0 Å². The van der Waals surface area contributed by atoms with Crippen LogP contribution < -0.4 is 4.57 Å². The lowest BCUT2D eigenvalue weighted by Crippen LogP contribution is -2.49. The molecule has 26 heavy (non-hydrogen) atoms. The summed E-state index contributed by atoms with van der Waals surface area (Å²) in [5.41, 5.74) is 2.14. The van der Waals surface area contributed by atoms with E-state index < -0.39 is 24.0 Å². The summed E-state index contributed by atoms with van der Waals surface area (Å²) in [7, 11) is 0. The van der Waals surface area contributed by atoms with E-state index in [4.69, 9.17) is 9.47 Å². The first-order chi connectivity index (χ1) is 12.4. The Kier molecular flexibility index (Phi) is 4.53. The van der Waals surface area contributed by atoms with E-state index in [1.54, 1.807) is 0 Å². The number of pyridine rings is 1. The van der Waals surface area contributed by atoms with E-state index in [2.05, 4.69) is 24.5 Å². The van der Waals surface area contributed by atoms with E-state index in [0.717, 1.165) is 25.1 Å². The van der Waals surface area contributed by atoms with E-state index in [9.17, 15) is 15.0 Å². The number of hydrogen-bond donors (Lipinski definition) is 2. The highest BCUT2D eigenvalue weighted by Gasteiger charge is 2.51. The highest BCUT2D eigenvalue weighted by atomic mass is 16.7. The van der Waals surface area contributed by atoms with Crippen LogP contribution in [0.3, 0.4) is 0 Å². The maximum Gasteiger partial charge on any atom is 0.332 e. The largest absolute Gasteiger partial charge is 0.479 e. The lowest BCUT2D eigenvalue weighted by atomic mass is 9.87. The third-order valence-corrected chi connectivity index (χ3v) is 6.18. The SMILES string of the molecule is C[C@@H]1C[C@H]([C@@H](O)c2cccc3[n+]2CC[C@@H]3C)O[C@@]2(CC[C@H](C(=O)O)O2)C1. The Hall–Kier alpha value is -1.50. The average Bonchev–Trinajstić information content (AvgIpc) is 3.18. The number of fused-ring (bicyclic) bond motifs is 1. The molecule has 1 spiro atoms. The van der Waals surface area contributed by atoms with E-state index in [0.29, 0.717) is 31.1 Å². The molecule has 6 atom stereocenters. The van der Waals surface area contributed by atoms with Gasteiger partial charge >= 0.3 is 5.97 Å². The third kappa shape index (κ3) is 3.04. The van der Waals surface area contributed by atoms with Gasteiger partial charge in [-0.1, -0.05) is 13.8 Å². The summed E-state index contributed by atoms with van der Waals surface area (Å²) in [5, 5.41) is 20.4. The first kappa shape index (κ1) is 17.9. The van der Waals surface area contributed by atoms with Crippen molar-refractivity contribution < 1.29 is 29.0 Å². The van der Waals surface area contributed by atoms with Gasteiger partial charge in [-0.05, 0) is 24.8 Å². The number of ether oxygens (including phenoxy) is 2. The molecular formula is C20H28NO5+. The highest BCUT2D eigenvalue weighted by Crippen LogP contribution is 2.45. The Balaban J connectivity index is 1.57. The van der Waals surface area contributed by atoms with Crippen LogP contribution in [0.15, 0.2) is 18.2 Å². The molecule has 0 saturated carbocycles. The fourth-order valence-corrected chi connectivity index (χ4v) is 4.90. The second-order valence-corrected chi connectivity index (χ2v) is 8.26. The number of carbonyl (C=O) groups is 1. The van der Waals surface area contributed by atoms with Crippen LogP contribution in [0.4, 0.5) is 0 Å². The first-order valence-corrected chi connectivity index (χ1v) is 9.68. The van der Waals surface area contributed by atoms with Crippen LogP contribution >= 0.6 is 0 Å². The summed E-state index contributed by atoms with van der Waals surface area (Å²) in [4.78, 5) is 11.3. The third-order valence-electron chi connectivity index (χ3n) is 6.18. The second kappa shape index (κ2) is 6.59. The van der Waals surface area contributed by atoms with Gasteiger partial charge in [-0.2, -0.15) is 4.57 Å². The van der Waals surface area contributed by atoms with Crippen molar-refractivity contribution in [3.63, 3.8) is 0 Å². The number of aliphatic hydroxyl groups excluding tert-OH is 1. The fourth-order valence-electron chi connectivity index (χ4n) is 4.90. The van der Waals surface area contributed by atoms with Crippen molar-refractivity contribution in [2.75, 3.05) is 0 Å². The normalized spacial score (nSPS) is 37.7. The molecule has 0 aromatic carbocycles. The van der Waals surface area contributed by atoms with Gasteiger partial charge in [0.1, 0.15) is 6.54 Å². The van der Waals surface area contributed by atoms with Crippen molar-refractivity contribution in [1.82, 2.24) is 0 Å². The topological polar surface area (TPSA) is 79.9 Å². The zero-order valence-electron chi connectivity index (χ0n) is 15.4. The van der Waals surface area contributed by atoms with Gasteiger partial charge in [0.2, 0.25) is 5.69 Å². The number of aliphatic carboxylic acids is 1. The van der Waals surface area contributed by atoms with Crippen LogP contribution in [-0.2, 0) is 20.8 Å². The zero-order valence-corrected chi connectivity index (χ0v) is 15.4. The molecule has 0 radical (unpaired) electrons. The molecule has 2 fully saturated rings. The molecule has 2 N–H and O–H groups in total. The van der Waals surface area contributed by atoms with Gasteiger partial charge in [-0.15, -0.1) is 0 Å². The van der Waals surface area contributed by atoms with Crippen LogP contribution in [0.2, 0.25) is 0 Å². The molecule has 3 aliphatic heterocycles. The Morgan fingerprint density at radius 1 is 1.31 bits per heavy atom. The minimum atomic E-state index is -0.939. The van der Waals surface area contributed by atoms with Crippen molar-refractivity contribution in [3.8, 4) is 0 Å². The second-order valence-electron chi connectivity index (χ2n) is 8.26. The maximum atomic E-state index is 11.3. The van der Waals surface area contributed by atoms with Crippen molar-refractivity contribution in [3.05, 3.63) is 29.6 Å². The number of aliphatic hydroxyl groups is 1. The van der Waals surface area contributed by atoms with Gasteiger partial charge in [-0.25, -0.2) is 4.79 Å². The molecular weight excluding hydrogens is 334 g/mol. The van der Waals surface area contributed by atoms with Gasteiger partial charge in [0.15, 0.2) is 23.7 Å². The minimum absolute atomic E-state index is 0.302. The van der Waals surface area contributed by atoms with Crippen LogP contribution in [0.5, 0.6) is 0 Å². The van der Waals surface area contributed by atoms with Crippen molar-refractivity contribution in [2.24, 2.45) is 5.92 Å². The summed E-state index contributed by atoms with van der Waals surface area (Å²) in [6.45, 7) is 5.24. The van der Waals surface area contributed by atoms with Gasteiger partial charge in [0.25, 0.3) is 0 Å². The molecule has 0 unspecified atom stereocenters. The van der Waals surface area contributed by atoms with E-state index in [-0.39, 0.29) is 6.10 Å². The van der Waals surface area contributed by atoms with Gasteiger partial charge in [0.05, 0.1) is 6.10 Å². The number of carboxylic acid groups (broad SMARTS) is 1. The predicted octanol–water partition coefficient (Wildman–Crippen LogP) is 2.29. The van der Waals surface area contributed by atoms with Crippen LogP contribution in [0, 0.1) is 5.92 Å². The predicted molar refractivity (Wildman–Crippen MR) is 92.4 cm³/mol. The summed E-state index contributed by atoms with van der Waals surface area (Å²) in [5.74, 6) is -1.01. The average molecular weight is 362 g/mol. The Morgan fingerprint density at radius 3 is 2.85 bits per heavy atom. The molecule has 4 rings (SSSR count). The molecule has 0 bridgehead atoms. The van der Waals surface area contributed by atoms with Crippen LogP contribution in [-0.4, -0.2) is 34.2 Å². The lowest BCUT2D eigenvalue weighted by molar-refractivity contribution is -0.702. The summed E-state index contributed by atoms with van der Waals surface area (Å²) < 4.78 is 14.3. The molecule has 0 amide bonds. The van der Waals surface area contributed by atoms with E-state index in [1.807, 2.05) is 12.1 Å². The smallest absolute Gasteiger partial charge is 0.332 e. The standard InChI is InChI=1S/C20H27NO5/c1-12-10-17(26-20(11-12)8-6-16(25-20)19(23)24)18(22)15-5-3-4-14-13(2)7-9-21(14)15/h3-5,12-13,16-18,22H,6-11H2,1-2H3/p+1/t12-,13+,16-,17-,18+,20+/m1/s1. The molecule has 4 heterocycles. The molecule has 0 aliphatic carbocycles. The van der Waals surface area contributed by atoms with Gasteiger partial charge in [-0.3, -0.25) is 0 Å². The number of nitrogens with zero attached hydrogens (tertiary/aromatic N) is 1. The minimum Gasteiger partial charge on any atom is -0.479 e. The Labute approximate surface area is 153 Å². The van der Waals surface area contributed by atoms with Crippen LogP contribution in [0.25, 0.3) is 0 Å². The zero-order chi connectivity index (χ0) is 18.5. The maximum absolute atomic E-state index is 11.3. The van der Waals surface area contributed by atoms with Crippen LogP contribution in [0.1, 0.15) is 69.4 Å². The number of aromatic nitrogens is 1. The molecule has 1 aromatic rings. The van der Waals surface area contributed by atoms with Gasteiger partial charge in [0, 0.05) is 37.3 Å². The number of carboxylic acids is 1. The monoisotopic (exact) mass is 362 g/mol. The Morgan fingerprint density at radius 2 is 2.12 bits per heavy atom. The summed E-state index contributed by atoms with van der Waals surface area (Å²) >= 11 is 0. The van der Waals surface area contributed by atoms with Crippen molar-refractivity contribution in [2.45, 2.75) is 82.5 Å². The summed E-state index contributed by atoms with van der Waals surface area (Å²) in [6.07, 6.45) is 1.58. The molecule has 142 valence electrons. The van der Waals surface area contributed by atoms with Crippen molar-refractivity contribution in [1.29, 1.82) is 0 Å². The molecule has 3 aliphatic rings. The van der Waals surface area contributed by atoms with E-state index in [1.165, 1.54) is 5.69 Å². The lowest BCUT2D eigenvalue weighted by Gasteiger charge is -2.42. The molecule has 6 heteroatoms. The molecule has 1 aromatic heterocycles. The molecule has 2 saturated heterocycles. The number of rotatable bonds is 3.